The van der Waals surface area contributed by atoms with Gasteiger partial charge in [-0.15, -0.1) is 0 Å². The summed E-state index contributed by atoms with van der Waals surface area (Å²) >= 11 is 5.78. The Bertz CT molecular complexity index is 305. The van der Waals surface area contributed by atoms with Crippen molar-refractivity contribution in [3.63, 3.8) is 0 Å². The zero-order valence-electron chi connectivity index (χ0n) is 9.53. The van der Waals surface area contributed by atoms with Gasteiger partial charge in [0.15, 0.2) is 0 Å². The Morgan fingerprint density at radius 3 is 1.94 bits per heavy atom. The van der Waals surface area contributed by atoms with Gasteiger partial charge in [0.2, 0.25) is 0 Å². The van der Waals surface area contributed by atoms with Gasteiger partial charge in [-0.2, -0.15) is 0 Å². The molecule has 0 aromatic heterocycles. The summed E-state index contributed by atoms with van der Waals surface area (Å²) in [6, 6.07) is 7.36. The number of hydrogen-bond donors (Lipinski definition) is 0. The number of halogens is 1. The van der Waals surface area contributed by atoms with Crippen LogP contribution in [0.1, 0.15) is 5.56 Å². The molecular formula is C10H15ClO4Si. The van der Waals surface area contributed by atoms with E-state index in [2.05, 4.69) is 0 Å². The van der Waals surface area contributed by atoms with E-state index in [1.807, 2.05) is 12.1 Å². The molecule has 0 saturated carbocycles. The van der Waals surface area contributed by atoms with Crippen LogP contribution < -0.4 is 0 Å². The molecule has 6 heteroatoms. The van der Waals surface area contributed by atoms with E-state index in [1.165, 1.54) is 21.3 Å². The molecule has 0 saturated heterocycles. The Labute approximate surface area is 102 Å². The Morgan fingerprint density at radius 1 is 1.00 bits per heavy atom. The second-order valence-corrected chi connectivity index (χ2v) is 5.98. The molecule has 1 aromatic carbocycles. The van der Waals surface area contributed by atoms with Crippen molar-refractivity contribution in [3.8, 4) is 0 Å². The van der Waals surface area contributed by atoms with Crippen LogP contribution in [0.3, 0.4) is 0 Å². The second-order valence-electron chi connectivity index (χ2n) is 3.03. The Morgan fingerprint density at radius 2 is 1.50 bits per heavy atom. The fourth-order valence-corrected chi connectivity index (χ4v) is 2.50. The molecular weight excluding hydrogens is 248 g/mol. The van der Waals surface area contributed by atoms with Gasteiger partial charge in [0.25, 0.3) is 0 Å². The molecule has 0 atom stereocenters. The molecule has 1 aromatic rings. The van der Waals surface area contributed by atoms with Crippen LogP contribution in [-0.2, 0) is 24.3 Å². The van der Waals surface area contributed by atoms with Crippen LogP contribution in [0.15, 0.2) is 24.3 Å². The average molecular weight is 263 g/mol. The maximum absolute atomic E-state index is 5.78. The molecule has 0 fully saturated rings. The Kier molecular flexibility index (Phi) is 5.40. The van der Waals surface area contributed by atoms with E-state index in [-0.39, 0.29) is 0 Å². The predicted molar refractivity (Wildman–Crippen MR) is 63.0 cm³/mol. The summed E-state index contributed by atoms with van der Waals surface area (Å²) in [5, 5.41) is 0.692. The minimum Gasteiger partial charge on any atom is -0.355 e. The van der Waals surface area contributed by atoms with Crippen molar-refractivity contribution < 1.29 is 17.7 Å². The molecule has 0 unspecified atom stereocenters. The zero-order valence-corrected chi connectivity index (χ0v) is 11.3. The minimum atomic E-state index is -2.95. The number of hydrogen-bond acceptors (Lipinski definition) is 4. The summed E-state index contributed by atoms with van der Waals surface area (Å²) in [6.07, 6.45) is 0. The molecule has 0 spiro atoms. The topological polar surface area (TPSA) is 36.9 Å². The predicted octanol–water partition coefficient (Wildman–Crippen LogP) is 2.23. The molecule has 1 rings (SSSR count). The molecule has 16 heavy (non-hydrogen) atoms. The lowest BCUT2D eigenvalue weighted by molar-refractivity contribution is 0.000621. The fraction of sp³-hybridized carbons (Fsp3) is 0.400. The Hall–Kier alpha value is -0.433. The van der Waals surface area contributed by atoms with Crippen molar-refractivity contribution in [2.24, 2.45) is 0 Å². The van der Waals surface area contributed by atoms with Gasteiger partial charge < -0.3 is 17.7 Å². The first-order valence-electron chi connectivity index (χ1n) is 4.69. The molecule has 0 heterocycles. The van der Waals surface area contributed by atoms with E-state index < -0.39 is 9.05 Å². The smallest absolute Gasteiger partial charge is 0.355 e. The molecule has 0 radical (unpaired) electrons. The first kappa shape index (κ1) is 13.6. The summed E-state index contributed by atoms with van der Waals surface area (Å²) < 4.78 is 20.9. The summed E-state index contributed by atoms with van der Waals surface area (Å²) in [5.74, 6) is 0. The van der Waals surface area contributed by atoms with Crippen molar-refractivity contribution in [2.45, 2.75) is 6.61 Å². The lowest BCUT2D eigenvalue weighted by atomic mass is 10.2. The first-order valence-corrected chi connectivity index (χ1v) is 6.70. The van der Waals surface area contributed by atoms with E-state index in [4.69, 9.17) is 29.3 Å². The second kappa shape index (κ2) is 6.34. The third-order valence-electron chi connectivity index (χ3n) is 2.08. The van der Waals surface area contributed by atoms with Crippen LogP contribution in [0, 0.1) is 0 Å². The van der Waals surface area contributed by atoms with Gasteiger partial charge in [-0.3, -0.25) is 0 Å². The molecule has 0 aliphatic carbocycles. The summed E-state index contributed by atoms with van der Waals surface area (Å²) in [4.78, 5) is 0. The van der Waals surface area contributed by atoms with Gasteiger partial charge in [-0.25, -0.2) is 0 Å². The molecule has 0 N–H and O–H groups in total. The quantitative estimate of drug-likeness (QED) is 0.737. The SMILES string of the molecule is CO[Si](OC)(OC)OCc1ccc(Cl)cc1. The van der Waals surface area contributed by atoms with E-state index in [0.29, 0.717) is 11.6 Å². The number of benzene rings is 1. The third kappa shape index (κ3) is 3.55. The minimum absolute atomic E-state index is 0.360. The summed E-state index contributed by atoms with van der Waals surface area (Å²) in [7, 11) is 1.56. The monoisotopic (exact) mass is 262 g/mol. The molecule has 90 valence electrons. The summed E-state index contributed by atoms with van der Waals surface area (Å²) in [5.41, 5.74) is 0.979. The molecule has 4 nitrogen and oxygen atoms in total. The van der Waals surface area contributed by atoms with Crippen molar-refractivity contribution in [1.29, 1.82) is 0 Å². The number of rotatable bonds is 6. The highest BCUT2D eigenvalue weighted by Gasteiger charge is 2.42. The van der Waals surface area contributed by atoms with Crippen molar-refractivity contribution in [1.82, 2.24) is 0 Å². The van der Waals surface area contributed by atoms with Crippen LogP contribution >= 0.6 is 11.6 Å². The standard InChI is InChI=1S/C10H15ClO4Si/c1-12-16(13-2,14-3)15-8-9-4-6-10(11)7-5-9/h4-7H,8H2,1-3H3. The normalized spacial score (nSPS) is 11.8. The van der Waals surface area contributed by atoms with Gasteiger partial charge in [-0.05, 0) is 17.7 Å². The molecule has 0 bridgehead atoms. The van der Waals surface area contributed by atoms with Crippen LogP contribution in [-0.4, -0.2) is 30.4 Å². The zero-order chi connectivity index (χ0) is 12.0. The van der Waals surface area contributed by atoms with Gasteiger partial charge >= 0.3 is 9.05 Å². The third-order valence-corrected chi connectivity index (χ3v) is 4.33. The fourth-order valence-electron chi connectivity index (χ4n) is 1.18. The first-order chi connectivity index (χ1) is 7.65. The van der Waals surface area contributed by atoms with Crippen LogP contribution in [0.25, 0.3) is 0 Å². The van der Waals surface area contributed by atoms with Crippen molar-refractivity contribution >= 4 is 20.6 Å². The van der Waals surface area contributed by atoms with E-state index in [0.717, 1.165) is 5.56 Å². The van der Waals surface area contributed by atoms with Gasteiger partial charge in [0.1, 0.15) is 0 Å². The van der Waals surface area contributed by atoms with Crippen LogP contribution in [0.2, 0.25) is 5.02 Å². The lowest BCUT2D eigenvalue weighted by Crippen LogP contribution is -2.46. The average Bonchev–Trinajstić information content (AvgIpc) is 2.34. The van der Waals surface area contributed by atoms with E-state index in [9.17, 15) is 0 Å². The van der Waals surface area contributed by atoms with Crippen LogP contribution in [0.5, 0.6) is 0 Å². The maximum atomic E-state index is 5.78. The molecule has 0 amide bonds. The Balaban J connectivity index is 2.58. The highest BCUT2D eigenvalue weighted by molar-refractivity contribution is 6.53. The highest BCUT2D eigenvalue weighted by Crippen LogP contribution is 2.14. The maximum Gasteiger partial charge on any atom is 0.679 e. The van der Waals surface area contributed by atoms with Crippen molar-refractivity contribution in [2.75, 3.05) is 21.3 Å². The van der Waals surface area contributed by atoms with E-state index >= 15 is 0 Å². The molecule has 0 aliphatic heterocycles. The van der Waals surface area contributed by atoms with Gasteiger partial charge in [-0.1, -0.05) is 23.7 Å². The largest absolute Gasteiger partial charge is 0.679 e. The summed E-state index contributed by atoms with van der Waals surface area (Å²) in [6.45, 7) is 0.360. The van der Waals surface area contributed by atoms with Crippen molar-refractivity contribution in [3.05, 3.63) is 34.9 Å². The van der Waals surface area contributed by atoms with Gasteiger partial charge in [0, 0.05) is 26.4 Å². The molecule has 0 aliphatic rings. The van der Waals surface area contributed by atoms with Gasteiger partial charge in [0.05, 0.1) is 6.61 Å². The van der Waals surface area contributed by atoms with Crippen LogP contribution in [0.4, 0.5) is 0 Å². The highest BCUT2D eigenvalue weighted by atomic mass is 35.5. The van der Waals surface area contributed by atoms with E-state index in [1.54, 1.807) is 12.1 Å². The lowest BCUT2D eigenvalue weighted by Gasteiger charge is -2.22.